The molecule has 32 heavy (non-hydrogen) atoms. The fourth-order valence-electron chi connectivity index (χ4n) is 3.43. The van der Waals surface area contributed by atoms with E-state index >= 15 is 0 Å². The van der Waals surface area contributed by atoms with Crippen molar-refractivity contribution in [1.29, 1.82) is 0 Å². The van der Waals surface area contributed by atoms with E-state index in [-0.39, 0.29) is 17.3 Å². The second-order valence-corrected chi connectivity index (χ2v) is 8.89. The number of phenols is 1. The van der Waals surface area contributed by atoms with Gasteiger partial charge in [0.25, 0.3) is 0 Å². The number of anilines is 1. The molecule has 10 heteroatoms. The number of rotatable bonds is 6. The molecule has 2 heterocycles. The first-order chi connectivity index (χ1) is 15.3. The van der Waals surface area contributed by atoms with Crippen LogP contribution in [0.5, 0.6) is 11.5 Å². The summed E-state index contributed by atoms with van der Waals surface area (Å²) in [6.07, 6.45) is 4.27. The Bertz CT molecular complexity index is 1270. The van der Waals surface area contributed by atoms with Crippen LogP contribution in [0.15, 0.2) is 71.4 Å². The first-order valence-electron chi connectivity index (χ1n) is 9.56. The molecular weight excluding hydrogens is 434 g/mol. The number of aromatic hydroxyl groups is 1. The van der Waals surface area contributed by atoms with Gasteiger partial charge in [0.15, 0.2) is 17.3 Å². The first kappa shape index (κ1) is 21.3. The van der Waals surface area contributed by atoms with Crippen molar-refractivity contribution in [2.75, 3.05) is 18.1 Å². The number of carbonyl (C=O) groups is 1. The highest BCUT2D eigenvalue weighted by Crippen LogP contribution is 2.40. The molecule has 0 bridgehead atoms. The Morgan fingerprint density at radius 3 is 2.53 bits per heavy atom. The molecule has 1 aromatic heterocycles. The third-order valence-electron chi connectivity index (χ3n) is 4.86. The summed E-state index contributed by atoms with van der Waals surface area (Å²) in [7, 11) is -1.94. The SMILES string of the molecule is COc1cccc(C2C=C(c3ccc(NS(C)(=O)=O)cc3)NN2C(=O)c2ccco2)c1O. The van der Waals surface area contributed by atoms with E-state index in [1.807, 2.05) is 0 Å². The fourth-order valence-corrected chi connectivity index (χ4v) is 3.99. The Morgan fingerprint density at radius 1 is 1.16 bits per heavy atom. The Hall–Kier alpha value is -3.92. The maximum atomic E-state index is 13.1. The standard InChI is InChI=1S/C22H21N3O6S/c1-30-19-6-3-5-16(21(19)26)18-13-17(23-25(18)22(27)20-7-4-12-31-20)14-8-10-15(11-9-14)24-32(2,28)29/h3-13,18,23-24,26H,1-2H3. The van der Waals surface area contributed by atoms with Gasteiger partial charge >= 0.3 is 5.91 Å². The monoisotopic (exact) mass is 455 g/mol. The Balaban J connectivity index is 1.71. The molecule has 1 unspecified atom stereocenters. The minimum atomic E-state index is -3.39. The number of nitrogens with one attached hydrogen (secondary N) is 2. The quantitative estimate of drug-likeness (QED) is 0.522. The number of hydrazine groups is 1. The molecule has 166 valence electrons. The number of benzene rings is 2. The summed E-state index contributed by atoms with van der Waals surface area (Å²) in [5.41, 5.74) is 5.26. The molecule has 1 amide bonds. The van der Waals surface area contributed by atoms with Crippen LogP contribution in [0, 0.1) is 0 Å². The molecule has 9 nitrogen and oxygen atoms in total. The van der Waals surface area contributed by atoms with Crippen LogP contribution in [0.2, 0.25) is 0 Å². The van der Waals surface area contributed by atoms with Crippen LogP contribution in [0.4, 0.5) is 5.69 Å². The van der Waals surface area contributed by atoms with Crippen LogP contribution in [-0.4, -0.2) is 37.8 Å². The van der Waals surface area contributed by atoms with Crippen molar-refractivity contribution >= 4 is 27.3 Å². The van der Waals surface area contributed by atoms with Crippen LogP contribution in [0.3, 0.4) is 0 Å². The second-order valence-electron chi connectivity index (χ2n) is 7.14. The average Bonchev–Trinajstić information content (AvgIpc) is 3.43. The number of hydrogen-bond donors (Lipinski definition) is 3. The highest BCUT2D eigenvalue weighted by atomic mass is 32.2. The van der Waals surface area contributed by atoms with Gasteiger partial charge < -0.3 is 14.3 Å². The maximum Gasteiger partial charge on any atom is 0.308 e. The summed E-state index contributed by atoms with van der Waals surface area (Å²) in [6.45, 7) is 0. The number of sulfonamides is 1. The largest absolute Gasteiger partial charge is 0.504 e. The highest BCUT2D eigenvalue weighted by molar-refractivity contribution is 7.92. The zero-order valence-corrected chi connectivity index (χ0v) is 18.1. The second kappa shape index (κ2) is 8.31. The minimum absolute atomic E-state index is 0.0794. The molecule has 0 saturated heterocycles. The molecule has 1 aliphatic heterocycles. The lowest BCUT2D eigenvalue weighted by atomic mass is 10.0. The van der Waals surface area contributed by atoms with Crippen molar-refractivity contribution in [3.05, 3.63) is 83.8 Å². The van der Waals surface area contributed by atoms with Gasteiger partial charge in [0.05, 0.1) is 25.3 Å². The predicted molar refractivity (Wildman–Crippen MR) is 118 cm³/mol. The van der Waals surface area contributed by atoms with Crippen LogP contribution in [-0.2, 0) is 10.0 Å². The number of ether oxygens (including phenoxy) is 1. The summed E-state index contributed by atoms with van der Waals surface area (Å²) in [4.78, 5) is 13.1. The van der Waals surface area contributed by atoms with E-state index in [4.69, 9.17) is 9.15 Å². The Morgan fingerprint density at radius 2 is 1.91 bits per heavy atom. The van der Waals surface area contributed by atoms with Crippen LogP contribution in [0.1, 0.15) is 27.7 Å². The van der Waals surface area contributed by atoms with Gasteiger partial charge in [-0.15, -0.1) is 0 Å². The number of hydrogen-bond acceptors (Lipinski definition) is 7. The van der Waals surface area contributed by atoms with Crippen LogP contribution >= 0.6 is 0 Å². The van der Waals surface area contributed by atoms with Crippen molar-refractivity contribution in [2.45, 2.75) is 6.04 Å². The molecule has 4 rings (SSSR count). The van der Waals surface area contributed by atoms with Gasteiger partial charge in [-0.1, -0.05) is 24.3 Å². The summed E-state index contributed by atoms with van der Waals surface area (Å²) in [5, 5.41) is 12.0. The number of carbonyl (C=O) groups excluding carboxylic acids is 1. The minimum Gasteiger partial charge on any atom is -0.504 e. The zero-order chi connectivity index (χ0) is 22.9. The van der Waals surface area contributed by atoms with E-state index < -0.39 is 22.0 Å². The number of para-hydroxylation sites is 1. The molecule has 0 fully saturated rings. The van der Waals surface area contributed by atoms with Gasteiger partial charge in [-0.2, -0.15) is 0 Å². The average molecular weight is 455 g/mol. The summed E-state index contributed by atoms with van der Waals surface area (Å²) in [6, 6.07) is 14.2. The van der Waals surface area contributed by atoms with E-state index in [1.165, 1.54) is 18.4 Å². The van der Waals surface area contributed by atoms with Gasteiger partial charge in [0.2, 0.25) is 10.0 Å². The van der Waals surface area contributed by atoms with E-state index in [9.17, 15) is 18.3 Å². The third kappa shape index (κ3) is 4.26. The number of methoxy groups -OCH3 is 1. The maximum absolute atomic E-state index is 13.1. The molecule has 0 radical (unpaired) electrons. The van der Waals surface area contributed by atoms with Gasteiger partial charge in [-0.25, -0.2) is 13.4 Å². The lowest BCUT2D eigenvalue weighted by molar-refractivity contribution is 0.0637. The summed E-state index contributed by atoms with van der Waals surface area (Å²) in [5.74, 6) is -0.0914. The van der Waals surface area contributed by atoms with Crippen molar-refractivity contribution in [2.24, 2.45) is 0 Å². The normalized spacial score (nSPS) is 15.8. The molecule has 0 spiro atoms. The van der Waals surface area contributed by atoms with Crippen LogP contribution < -0.4 is 14.9 Å². The molecule has 3 aromatic rings. The molecule has 3 N–H and O–H groups in total. The molecule has 1 atom stereocenters. The van der Waals surface area contributed by atoms with Crippen LogP contribution in [0.25, 0.3) is 5.70 Å². The summed E-state index contributed by atoms with van der Waals surface area (Å²) < 4.78 is 35.7. The number of furan rings is 1. The van der Waals surface area contributed by atoms with Crippen molar-refractivity contribution in [3.63, 3.8) is 0 Å². The van der Waals surface area contributed by atoms with E-state index in [0.717, 1.165) is 6.26 Å². The third-order valence-corrected chi connectivity index (χ3v) is 5.47. The highest BCUT2D eigenvalue weighted by Gasteiger charge is 2.34. The molecule has 2 aromatic carbocycles. The van der Waals surface area contributed by atoms with Gasteiger partial charge in [0.1, 0.15) is 6.04 Å². The lowest BCUT2D eigenvalue weighted by Gasteiger charge is -2.25. The van der Waals surface area contributed by atoms with E-state index in [2.05, 4.69) is 10.1 Å². The van der Waals surface area contributed by atoms with E-state index in [0.29, 0.717) is 22.5 Å². The fraction of sp³-hybridized carbons (Fsp3) is 0.136. The van der Waals surface area contributed by atoms with Crippen molar-refractivity contribution in [1.82, 2.24) is 10.4 Å². The van der Waals surface area contributed by atoms with Gasteiger partial charge in [0, 0.05) is 11.3 Å². The molecule has 0 aliphatic carbocycles. The van der Waals surface area contributed by atoms with Crippen molar-refractivity contribution in [3.8, 4) is 11.5 Å². The van der Waals surface area contributed by atoms with Gasteiger partial charge in [-0.3, -0.25) is 14.9 Å². The number of nitrogens with zero attached hydrogens (tertiary/aromatic N) is 1. The predicted octanol–water partition coefficient (Wildman–Crippen LogP) is 3.11. The first-order valence-corrected chi connectivity index (χ1v) is 11.5. The van der Waals surface area contributed by atoms with Gasteiger partial charge in [-0.05, 0) is 42.0 Å². The van der Waals surface area contributed by atoms with Crippen molar-refractivity contribution < 1.29 is 27.5 Å². The Kier molecular flexibility index (Phi) is 5.54. The summed E-state index contributed by atoms with van der Waals surface area (Å²) >= 11 is 0. The molecular formula is C22H21N3O6S. The van der Waals surface area contributed by atoms with E-state index in [1.54, 1.807) is 60.7 Å². The zero-order valence-electron chi connectivity index (χ0n) is 17.3. The smallest absolute Gasteiger partial charge is 0.308 e. The lowest BCUT2D eigenvalue weighted by Crippen LogP contribution is -2.39. The topological polar surface area (TPSA) is 121 Å². The Labute approximate surface area is 184 Å². The molecule has 0 saturated carbocycles. The molecule has 1 aliphatic rings. The number of amides is 1. The number of phenolic OH excluding ortho intramolecular Hbond substituents is 1.